The number of rotatable bonds is 0. The molecule has 3 rings (SSSR count). The first-order valence-electron chi connectivity index (χ1n) is 6.24. The highest BCUT2D eigenvalue weighted by molar-refractivity contribution is 9.10. The van der Waals surface area contributed by atoms with Crippen LogP contribution in [0.1, 0.15) is 31.5 Å². The molecule has 0 saturated carbocycles. The third kappa shape index (κ3) is 1.74. The second-order valence-corrected chi connectivity index (χ2v) is 6.90. The Bertz CT molecular complexity index is 592. The molecule has 0 fully saturated rings. The van der Waals surface area contributed by atoms with Crippen molar-refractivity contribution in [3.05, 3.63) is 33.9 Å². The molecule has 0 saturated heterocycles. The maximum Gasteiger partial charge on any atom is 0.0494 e. The highest BCUT2D eigenvalue weighted by Gasteiger charge is 2.29. The molecule has 1 aliphatic rings. The van der Waals surface area contributed by atoms with Gasteiger partial charge < -0.3 is 4.57 Å². The van der Waals surface area contributed by atoms with Crippen molar-refractivity contribution in [1.29, 1.82) is 0 Å². The van der Waals surface area contributed by atoms with E-state index in [0.717, 1.165) is 0 Å². The van der Waals surface area contributed by atoms with Gasteiger partial charge >= 0.3 is 0 Å². The Balaban J connectivity index is 2.29. The van der Waals surface area contributed by atoms with Gasteiger partial charge in [0.1, 0.15) is 0 Å². The zero-order valence-electron chi connectivity index (χ0n) is 10.7. The highest BCUT2D eigenvalue weighted by atomic mass is 79.9. The minimum Gasteiger partial charge on any atom is -0.347 e. The number of hydrogen-bond acceptors (Lipinski definition) is 0. The lowest BCUT2D eigenvalue weighted by Gasteiger charge is -2.30. The van der Waals surface area contributed by atoms with Crippen LogP contribution >= 0.6 is 15.9 Å². The van der Waals surface area contributed by atoms with Crippen molar-refractivity contribution in [2.24, 2.45) is 12.5 Å². The average molecular weight is 292 g/mol. The number of nitrogens with zero attached hydrogens (tertiary/aromatic N) is 1. The Morgan fingerprint density at radius 1 is 1.29 bits per heavy atom. The second kappa shape index (κ2) is 3.61. The van der Waals surface area contributed by atoms with Crippen LogP contribution < -0.4 is 0 Å². The van der Waals surface area contributed by atoms with E-state index in [-0.39, 0.29) is 0 Å². The minimum absolute atomic E-state index is 0.453. The third-order valence-electron chi connectivity index (χ3n) is 4.09. The van der Waals surface area contributed by atoms with Gasteiger partial charge in [0.25, 0.3) is 0 Å². The maximum absolute atomic E-state index is 3.57. The normalized spacial score (nSPS) is 18.4. The summed E-state index contributed by atoms with van der Waals surface area (Å²) in [5.74, 6) is 0. The van der Waals surface area contributed by atoms with Gasteiger partial charge in [-0.3, -0.25) is 0 Å². The van der Waals surface area contributed by atoms with Crippen LogP contribution in [0.2, 0.25) is 0 Å². The van der Waals surface area contributed by atoms with Gasteiger partial charge in [0.05, 0.1) is 0 Å². The molecule has 1 heterocycles. The molecule has 0 aliphatic heterocycles. The molecule has 2 heteroatoms. The smallest absolute Gasteiger partial charge is 0.0494 e. The van der Waals surface area contributed by atoms with E-state index in [9.17, 15) is 0 Å². The van der Waals surface area contributed by atoms with Crippen LogP contribution in [0.5, 0.6) is 0 Å². The summed E-state index contributed by atoms with van der Waals surface area (Å²) in [5, 5.41) is 1.44. The lowest BCUT2D eigenvalue weighted by atomic mass is 9.76. The molecule has 2 aromatic rings. The summed E-state index contributed by atoms with van der Waals surface area (Å²) < 4.78 is 3.55. The zero-order valence-corrected chi connectivity index (χ0v) is 12.3. The Morgan fingerprint density at radius 2 is 2.06 bits per heavy atom. The van der Waals surface area contributed by atoms with E-state index in [4.69, 9.17) is 0 Å². The molecule has 0 atom stereocenters. The van der Waals surface area contributed by atoms with Crippen LogP contribution in [0.25, 0.3) is 10.9 Å². The molecule has 17 heavy (non-hydrogen) atoms. The van der Waals surface area contributed by atoms with Gasteiger partial charge in [-0.2, -0.15) is 0 Å². The van der Waals surface area contributed by atoms with Gasteiger partial charge in [0.15, 0.2) is 0 Å². The lowest BCUT2D eigenvalue weighted by molar-refractivity contribution is 0.312. The highest BCUT2D eigenvalue weighted by Crippen LogP contribution is 2.39. The number of benzene rings is 1. The molecule has 90 valence electrons. The van der Waals surface area contributed by atoms with Crippen LogP contribution in [-0.2, 0) is 19.9 Å². The number of aromatic nitrogens is 1. The number of fused-ring (bicyclic) bond motifs is 3. The Morgan fingerprint density at radius 3 is 2.82 bits per heavy atom. The van der Waals surface area contributed by atoms with E-state index in [2.05, 4.69) is 59.6 Å². The molecular formula is C15H18BrN. The largest absolute Gasteiger partial charge is 0.347 e. The predicted molar refractivity (Wildman–Crippen MR) is 76.4 cm³/mol. The van der Waals surface area contributed by atoms with E-state index in [1.807, 2.05) is 0 Å². The van der Waals surface area contributed by atoms with Gasteiger partial charge in [0, 0.05) is 28.1 Å². The Labute approximate surface area is 111 Å². The van der Waals surface area contributed by atoms with E-state index >= 15 is 0 Å². The summed E-state index contributed by atoms with van der Waals surface area (Å²) in [6.07, 6.45) is 3.72. The molecule has 1 aromatic carbocycles. The van der Waals surface area contributed by atoms with Gasteiger partial charge in [-0.1, -0.05) is 35.8 Å². The molecule has 0 N–H and O–H groups in total. The molecule has 1 nitrogen and oxygen atoms in total. The van der Waals surface area contributed by atoms with Crippen molar-refractivity contribution in [2.75, 3.05) is 0 Å². The SMILES string of the molecule is Cn1c2c(c3ccc(Br)cc31)CC(C)(C)CC2. The fraction of sp³-hybridized carbons (Fsp3) is 0.467. The second-order valence-electron chi connectivity index (χ2n) is 5.99. The Kier molecular flexibility index (Phi) is 2.41. The van der Waals surface area contributed by atoms with E-state index < -0.39 is 0 Å². The topological polar surface area (TPSA) is 4.93 Å². The summed E-state index contributed by atoms with van der Waals surface area (Å²) in [6.45, 7) is 4.77. The molecular weight excluding hydrogens is 274 g/mol. The van der Waals surface area contributed by atoms with Crippen molar-refractivity contribution in [3.63, 3.8) is 0 Å². The van der Waals surface area contributed by atoms with Crippen molar-refractivity contribution in [3.8, 4) is 0 Å². The minimum atomic E-state index is 0.453. The number of halogens is 1. The van der Waals surface area contributed by atoms with Gasteiger partial charge in [-0.25, -0.2) is 0 Å². The Hall–Kier alpha value is -0.760. The monoisotopic (exact) mass is 291 g/mol. The van der Waals surface area contributed by atoms with Crippen LogP contribution in [0, 0.1) is 5.41 Å². The van der Waals surface area contributed by atoms with Crippen molar-refractivity contribution in [2.45, 2.75) is 33.1 Å². The average Bonchev–Trinajstić information content (AvgIpc) is 2.51. The summed E-state index contributed by atoms with van der Waals surface area (Å²) in [4.78, 5) is 0. The summed E-state index contributed by atoms with van der Waals surface area (Å²) in [7, 11) is 2.20. The molecule has 0 amide bonds. The van der Waals surface area contributed by atoms with Gasteiger partial charge in [-0.05, 0) is 42.4 Å². The molecule has 1 aliphatic carbocycles. The molecule has 1 aromatic heterocycles. The molecule has 0 radical (unpaired) electrons. The van der Waals surface area contributed by atoms with Gasteiger partial charge in [0.2, 0.25) is 0 Å². The van der Waals surface area contributed by atoms with Crippen LogP contribution in [-0.4, -0.2) is 4.57 Å². The molecule has 0 bridgehead atoms. The quantitative estimate of drug-likeness (QED) is 0.676. The fourth-order valence-electron chi connectivity index (χ4n) is 3.08. The zero-order chi connectivity index (χ0) is 12.2. The van der Waals surface area contributed by atoms with Crippen molar-refractivity contribution < 1.29 is 0 Å². The van der Waals surface area contributed by atoms with E-state index in [1.54, 1.807) is 5.56 Å². The van der Waals surface area contributed by atoms with E-state index in [0.29, 0.717) is 5.41 Å². The van der Waals surface area contributed by atoms with Crippen molar-refractivity contribution in [1.82, 2.24) is 4.57 Å². The predicted octanol–water partition coefficient (Wildman–Crippen LogP) is 4.46. The van der Waals surface area contributed by atoms with Gasteiger partial charge in [-0.15, -0.1) is 0 Å². The summed E-state index contributed by atoms with van der Waals surface area (Å²) >= 11 is 3.57. The standard InChI is InChI=1S/C15H18BrN/c1-15(2)7-6-13-12(9-15)11-5-4-10(16)8-14(11)17(13)3/h4-5,8H,6-7,9H2,1-3H3. The molecule has 0 unspecified atom stereocenters. The third-order valence-corrected chi connectivity index (χ3v) is 4.59. The first kappa shape index (κ1) is 11.3. The summed E-state index contributed by atoms with van der Waals surface area (Å²) in [5.41, 5.74) is 4.93. The van der Waals surface area contributed by atoms with Crippen LogP contribution in [0.15, 0.2) is 22.7 Å². The number of hydrogen-bond donors (Lipinski definition) is 0. The van der Waals surface area contributed by atoms with Crippen LogP contribution in [0.3, 0.4) is 0 Å². The molecule has 0 spiro atoms. The van der Waals surface area contributed by atoms with Crippen LogP contribution in [0.4, 0.5) is 0 Å². The van der Waals surface area contributed by atoms with Crippen molar-refractivity contribution >= 4 is 26.8 Å². The maximum atomic E-state index is 3.57. The number of aryl methyl sites for hydroxylation is 1. The lowest BCUT2D eigenvalue weighted by Crippen LogP contribution is -2.22. The summed E-state index contributed by atoms with van der Waals surface area (Å²) in [6, 6.07) is 6.66. The fourth-order valence-corrected chi connectivity index (χ4v) is 3.43. The van der Waals surface area contributed by atoms with E-state index in [1.165, 1.54) is 40.3 Å². The first-order chi connectivity index (χ1) is 7.98. The first-order valence-corrected chi connectivity index (χ1v) is 7.03.